The van der Waals surface area contributed by atoms with Crippen LogP contribution in [0.4, 0.5) is 17.5 Å². The minimum absolute atomic E-state index is 0.0676. The molecule has 1 aromatic heterocycles. The Kier molecular flexibility index (Phi) is 5.68. The molecule has 2 unspecified atom stereocenters. The molecule has 2 N–H and O–H groups in total. The van der Waals surface area contributed by atoms with Crippen molar-refractivity contribution in [2.75, 3.05) is 47.1 Å². The highest BCUT2D eigenvalue weighted by atomic mass is 79.9. The molecule has 3 aliphatic rings. The maximum Gasteiger partial charge on any atom is 0.227 e. The Labute approximate surface area is 193 Å². The molecule has 7 nitrogen and oxygen atoms in total. The highest BCUT2D eigenvalue weighted by molar-refractivity contribution is 9.10. The molecule has 0 radical (unpaired) electrons. The van der Waals surface area contributed by atoms with E-state index in [1.54, 1.807) is 0 Å². The molecule has 1 saturated carbocycles. The van der Waals surface area contributed by atoms with Crippen molar-refractivity contribution in [1.82, 2.24) is 9.97 Å². The molecular formula is C22H28BrN5O2S. The van der Waals surface area contributed by atoms with Gasteiger partial charge in [-0.1, -0.05) is 15.9 Å². The number of nitrogens with one attached hydrogen (secondary N) is 1. The van der Waals surface area contributed by atoms with Crippen LogP contribution in [0.5, 0.6) is 0 Å². The molecule has 1 saturated heterocycles. The van der Waals surface area contributed by atoms with E-state index in [1.165, 1.54) is 5.69 Å². The zero-order valence-corrected chi connectivity index (χ0v) is 20.1. The van der Waals surface area contributed by atoms with Crippen LogP contribution in [0.2, 0.25) is 0 Å². The molecule has 9 heteroatoms. The van der Waals surface area contributed by atoms with Crippen LogP contribution in [0.1, 0.15) is 31.9 Å². The summed E-state index contributed by atoms with van der Waals surface area (Å²) in [7, 11) is -1.07. The first kappa shape index (κ1) is 21.2. The van der Waals surface area contributed by atoms with Crippen LogP contribution < -0.4 is 15.1 Å². The Morgan fingerprint density at radius 2 is 2.10 bits per heavy atom. The van der Waals surface area contributed by atoms with Crippen molar-refractivity contribution in [2.45, 2.75) is 49.1 Å². The van der Waals surface area contributed by atoms with E-state index in [2.05, 4.69) is 62.2 Å². The Morgan fingerprint density at radius 3 is 2.77 bits per heavy atom. The fourth-order valence-corrected chi connectivity index (χ4v) is 6.17. The standard InChI is InChI=1S/C22H28BrN5O2S/c1-2-28(16-5-3-15(23)4-6-16)17-7-11-27(13-17)21-24-18-8-12-31(30)19(18)20(25-21)26-22(14-29)9-10-22/h3-6,17,29H,2,7-14H2,1H3,(H,24,25,26). The Hall–Kier alpha value is -1.71. The van der Waals surface area contributed by atoms with Crippen LogP contribution >= 0.6 is 15.9 Å². The third-order valence-corrected chi connectivity index (χ3v) is 8.59. The summed E-state index contributed by atoms with van der Waals surface area (Å²) < 4.78 is 13.7. The normalized spacial score (nSPS) is 23.6. The summed E-state index contributed by atoms with van der Waals surface area (Å²) in [6.07, 6.45) is 3.58. The summed E-state index contributed by atoms with van der Waals surface area (Å²) in [5, 5.41) is 13.2. The number of aryl methyl sites for hydroxylation is 1. The van der Waals surface area contributed by atoms with Crippen LogP contribution in [0.3, 0.4) is 0 Å². The summed E-state index contributed by atoms with van der Waals surface area (Å²) in [4.78, 5) is 15.1. The smallest absolute Gasteiger partial charge is 0.227 e. The monoisotopic (exact) mass is 505 g/mol. The van der Waals surface area contributed by atoms with Gasteiger partial charge in [-0.05, 0) is 50.5 Å². The number of aromatic nitrogens is 2. The number of anilines is 3. The number of hydrogen-bond acceptors (Lipinski definition) is 7. The van der Waals surface area contributed by atoms with E-state index < -0.39 is 10.8 Å². The van der Waals surface area contributed by atoms with Crippen molar-refractivity contribution in [3.05, 3.63) is 34.4 Å². The highest BCUT2D eigenvalue weighted by Crippen LogP contribution is 2.41. The van der Waals surface area contributed by atoms with Gasteiger partial charge < -0.3 is 20.2 Å². The summed E-state index contributed by atoms with van der Waals surface area (Å²) >= 11 is 3.52. The zero-order valence-electron chi connectivity index (χ0n) is 17.7. The van der Waals surface area contributed by atoms with Gasteiger partial charge in [0.15, 0.2) is 0 Å². The fourth-order valence-electron chi connectivity index (χ4n) is 4.60. The van der Waals surface area contributed by atoms with Gasteiger partial charge in [0.1, 0.15) is 10.7 Å². The molecule has 2 fully saturated rings. The van der Waals surface area contributed by atoms with Gasteiger partial charge >= 0.3 is 0 Å². The molecule has 3 heterocycles. The molecule has 2 atom stereocenters. The predicted octanol–water partition coefficient (Wildman–Crippen LogP) is 2.94. The van der Waals surface area contributed by atoms with E-state index >= 15 is 0 Å². The van der Waals surface area contributed by atoms with E-state index in [-0.39, 0.29) is 12.1 Å². The van der Waals surface area contributed by atoms with Crippen LogP contribution in [-0.2, 0) is 17.2 Å². The Morgan fingerprint density at radius 1 is 1.32 bits per heavy atom. The summed E-state index contributed by atoms with van der Waals surface area (Å²) in [6.45, 7) is 4.95. The van der Waals surface area contributed by atoms with Gasteiger partial charge in [-0.3, -0.25) is 4.21 Å². The van der Waals surface area contributed by atoms with Gasteiger partial charge in [-0.2, -0.15) is 4.98 Å². The highest BCUT2D eigenvalue weighted by Gasteiger charge is 2.44. The molecule has 0 bridgehead atoms. The fraction of sp³-hybridized carbons (Fsp3) is 0.545. The Bertz CT molecular complexity index is 998. The van der Waals surface area contributed by atoms with Crippen molar-refractivity contribution in [3.63, 3.8) is 0 Å². The van der Waals surface area contributed by atoms with E-state index in [0.29, 0.717) is 23.6 Å². The van der Waals surface area contributed by atoms with Crippen molar-refractivity contribution >= 4 is 44.2 Å². The van der Waals surface area contributed by atoms with Crippen LogP contribution in [-0.4, -0.2) is 62.9 Å². The minimum Gasteiger partial charge on any atom is -0.394 e. The van der Waals surface area contributed by atoms with Gasteiger partial charge in [0, 0.05) is 48.0 Å². The number of rotatable bonds is 7. The third kappa shape index (κ3) is 4.07. The largest absolute Gasteiger partial charge is 0.394 e. The van der Waals surface area contributed by atoms with Gasteiger partial charge in [-0.25, -0.2) is 4.98 Å². The summed E-state index contributed by atoms with van der Waals surface area (Å²) in [5.41, 5.74) is 1.81. The summed E-state index contributed by atoms with van der Waals surface area (Å²) in [5.74, 6) is 1.97. The predicted molar refractivity (Wildman–Crippen MR) is 127 cm³/mol. The number of nitrogens with zero attached hydrogens (tertiary/aromatic N) is 4. The van der Waals surface area contributed by atoms with Crippen molar-refractivity contribution in [1.29, 1.82) is 0 Å². The van der Waals surface area contributed by atoms with E-state index in [0.717, 1.165) is 60.4 Å². The number of aliphatic hydroxyl groups excluding tert-OH is 1. The lowest BCUT2D eigenvalue weighted by Gasteiger charge is -2.30. The number of halogens is 1. The average Bonchev–Trinajstić information content (AvgIpc) is 3.19. The number of hydrogen-bond donors (Lipinski definition) is 2. The third-order valence-electron chi connectivity index (χ3n) is 6.60. The second-order valence-corrected chi connectivity index (χ2v) is 11.1. The molecule has 5 rings (SSSR count). The van der Waals surface area contributed by atoms with Crippen LogP contribution in [0, 0.1) is 0 Å². The Balaban J connectivity index is 1.39. The lowest BCUT2D eigenvalue weighted by atomic mass is 10.2. The second kappa shape index (κ2) is 8.33. The zero-order chi connectivity index (χ0) is 21.6. The first-order chi connectivity index (χ1) is 15.0. The number of benzene rings is 1. The average molecular weight is 506 g/mol. The van der Waals surface area contributed by atoms with Gasteiger partial charge in [0.05, 0.1) is 28.6 Å². The van der Waals surface area contributed by atoms with Crippen molar-refractivity contribution in [2.24, 2.45) is 0 Å². The molecule has 1 aliphatic carbocycles. The number of aliphatic hydroxyl groups is 1. The molecule has 0 amide bonds. The number of fused-ring (bicyclic) bond motifs is 1. The van der Waals surface area contributed by atoms with Crippen LogP contribution in [0.15, 0.2) is 33.6 Å². The topological polar surface area (TPSA) is 81.6 Å². The maximum atomic E-state index is 12.6. The van der Waals surface area contributed by atoms with Gasteiger partial charge in [0.25, 0.3) is 0 Å². The van der Waals surface area contributed by atoms with E-state index in [1.807, 2.05) is 0 Å². The number of likely N-dealkylation sites (N-methyl/N-ethyl adjacent to an activating group) is 1. The SMILES string of the molecule is CCN(c1ccc(Br)cc1)C1CCN(c2nc3c(c(NC4(CO)CC4)n2)S(=O)CC3)C1. The van der Waals surface area contributed by atoms with E-state index in [4.69, 9.17) is 9.97 Å². The van der Waals surface area contributed by atoms with Gasteiger partial charge in [-0.15, -0.1) is 0 Å². The quantitative estimate of drug-likeness (QED) is 0.598. The lowest BCUT2D eigenvalue weighted by molar-refractivity contribution is 0.265. The van der Waals surface area contributed by atoms with E-state index in [9.17, 15) is 9.32 Å². The molecule has 166 valence electrons. The summed E-state index contributed by atoms with van der Waals surface area (Å²) in [6, 6.07) is 8.87. The second-order valence-electron chi connectivity index (χ2n) is 8.66. The molecule has 2 aliphatic heterocycles. The van der Waals surface area contributed by atoms with Crippen molar-refractivity contribution < 1.29 is 9.32 Å². The van der Waals surface area contributed by atoms with Crippen LogP contribution in [0.25, 0.3) is 0 Å². The lowest BCUT2D eigenvalue weighted by Crippen LogP contribution is -2.38. The molecular weight excluding hydrogens is 478 g/mol. The molecule has 0 spiro atoms. The molecule has 2 aromatic rings. The first-order valence-electron chi connectivity index (χ1n) is 11.0. The molecule has 1 aromatic carbocycles. The first-order valence-corrected chi connectivity index (χ1v) is 13.1. The molecule has 31 heavy (non-hydrogen) atoms. The van der Waals surface area contributed by atoms with Crippen molar-refractivity contribution in [3.8, 4) is 0 Å². The van der Waals surface area contributed by atoms with Gasteiger partial charge in [0.2, 0.25) is 5.95 Å². The minimum atomic E-state index is -1.07. The maximum absolute atomic E-state index is 12.6.